The van der Waals surface area contributed by atoms with E-state index >= 15 is 4.39 Å². The second-order valence-corrected chi connectivity index (χ2v) is 7.59. The highest BCUT2D eigenvalue weighted by Crippen LogP contribution is 2.56. The average molecular weight is 346 g/mol. The van der Waals surface area contributed by atoms with Gasteiger partial charge < -0.3 is 0 Å². The van der Waals surface area contributed by atoms with Crippen molar-refractivity contribution in [3.05, 3.63) is 95.4 Å². The van der Waals surface area contributed by atoms with E-state index in [2.05, 4.69) is 36.4 Å². The van der Waals surface area contributed by atoms with E-state index < -0.39 is 11.6 Å². The first-order valence-electron chi connectivity index (χ1n) is 9.28. The van der Waals surface area contributed by atoms with Crippen molar-refractivity contribution >= 4 is 0 Å². The molecule has 1 unspecified atom stereocenters. The van der Waals surface area contributed by atoms with Gasteiger partial charge in [-0.05, 0) is 59.1 Å². The van der Waals surface area contributed by atoms with Crippen LogP contribution in [0.1, 0.15) is 30.7 Å². The zero-order valence-corrected chi connectivity index (χ0v) is 14.5. The van der Waals surface area contributed by atoms with Gasteiger partial charge in [0.2, 0.25) is 0 Å². The Morgan fingerprint density at radius 3 is 2.38 bits per heavy atom. The molecule has 6 rings (SSSR count). The molecular formula is C24H20F2. The minimum absolute atomic E-state index is 0.134. The van der Waals surface area contributed by atoms with Gasteiger partial charge in [0.05, 0.1) is 5.92 Å². The van der Waals surface area contributed by atoms with Crippen molar-refractivity contribution in [3.63, 3.8) is 0 Å². The van der Waals surface area contributed by atoms with Gasteiger partial charge in [-0.1, -0.05) is 66.7 Å². The van der Waals surface area contributed by atoms with E-state index in [4.69, 9.17) is 0 Å². The third-order valence-electron chi connectivity index (χ3n) is 6.18. The van der Waals surface area contributed by atoms with E-state index in [0.29, 0.717) is 12.8 Å². The van der Waals surface area contributed by atoms with Crippen LogP contribution in [0.4, 0.5) is 8.78 Å². The van der Waals surface area contributed by atoms with Gasteiger partial charge in [-0.25, -0.2) is 8.78 Å². The highest BCUT2D eigenvalue weighted by Gasteiger charge is 2.52. The molecule has 4 aliphatic carbocycles. The van der Waals surface area contributed by atoms with Crippen LogP contribution in [0.3, 0.4) is 0 Å². The Morgan fingerprint density at radius 1 is 0.923 bits per heavy atom. The van der Waals surface area contributed by atoms with E-state index in [-0.39, 0.29) is 11.7 Å². The Balaban J connectivity index is 1.43. The van der Waals surface area contributed by atoms with Gasteiger partial charge in [-0.3, -0.25) is 0 Å². The molecule has 0 N–H and O–H groups in total. The van der Waals surface area contributed by atoms with Crippen LogP contribution in [-0.2, 0) is 0 Å². The highest BCUT2D eigenvalue weighted by atomic mass is 19.2. The first-order valence-corrected chi connectivity index (χ1v) is 9.28. The summed E-state index contributed by atoms with van der Waals surface area (Å²) >= 11 is 0. The van der Waals surface area contributed by atoms with Gasteiger partial charge in [0.15, 0.2) is 0 Å². The molecule has 2 bridgehead atoms. The van der Waals surface area contributed by atoms with Crippen molar-refractivity contribution in [2.45, 2.75) is 30.8 Å². The minimum atomic E-state index is -1.55. The molecule has 0 aliphatic heterocycles. The number of halogens is 2. The zero-order chi connectivity index (χ0) is 17.7. The zero-order valence-electron chi connectivity index (χ0n) is 14.5. The van der Waals surface area contributed by atoms with Crippen LogP contribution in [0.5, 0.6) is 0 Å². The lowest BCUT2D eigenvalue weighted by Gasteiger charge is -2.45. The lowest BCUT2D eigenvalue weighted by molar-refractivity contribution is 0.102. The summed E-state index contributed by atoms with van der Waals surface area (Å²) in [5, 5.41) is 0. The van der Waals surface area contributed by atoms with E-state index in [1.165, 1.54) is 11.6 Å². The van der Waals surface area contributed by atoms with Gasteiger partial charge in [0, 0.05) is 0 Å². The molecule has 0 amide bonds. The molecule has 0 heterocycles. The molecular weight excluding hydrogens is 326 g/mol. The number of alkyl halides is 1. The average Bonchev–Trinajstić information content (AvgIpc) is 2.68. The molecule has 2 aromatic carbocycles. The summed E-state index contributed by atoms with van der Waals surface area (Å²) in [7, 11) is 0. The normalized spacial score (nSPS) is 29.5. The maximum atomic E-state index is 15.9. The minimum Gasteiger partial charge on any atom is -0.238 e. The summed E-state index contributed by atoms with van der Waals surface area (Å²) in [6, 6.07) is 18.7. The molecule has 0 saturated heterocycles. The van der Waals surface area contributed by atoms with Crippen molar-refractivity contribution in [2.75, 3.05) is 0 Å². The Morgan fingerprint density at radius 2 is 1.65 bits per heavy atom. The summed E-state index contributed by atoms with van der Waals surface area (Å²) in [6.45, 7) is 0. The van der Waals surface area contributed by atoms with Gasteiger partial charge in [0.25, 0.3) is 0 Å². The van der Waals surface area contributed by atoms with Crippen LogP contribution in [0.15, 0.2) is 89.8 Å². The number of rotatable bonds is 2. The van der Waals surface area contributed by atoms with Crippen LogP contribution in [0, 0.1) is 5.92 Å². The van der Waals surface area contributed by atoms with E-state index in [0.717, 1.165) is 28.7 Å². The third-order valence-corrected chi connectivity index (χ3v) is 6.18. The van der Waals surface area contributed by atoms with Gasteiger partial charge in [0.1, 0.15) is 11.5 Å². The topological polar surface area (TPSA) is 0 Å². The number of hydrogen-bond acceptors (Lipinski definition) is 0. The lowest BCUT2D eigenvalue weighted by Crippen LogP contribution is -2.43. The maximum Gasteiger partial charge on any atom is 0.146 e. The summed E-state index contributed by atoms with van der Waals surface area (Å²) < 4.78 is 30.1. The Hall–Kier alpha value is -2.48. The smallest absolute Gasteiger partial charge is 0.146 e. The predicted octanol–water partition coefficient (Wildman–Crippen LogP) is 6.68. The Labute approximate surface area is 152 Å². The van der Waals surface area contributed by atoms with Crippen molar-refractivity contribution in [1.29, 1.82) is 0 Å². The van der Waals surface area contributed by atoms with Gasteiger partial charge >= 0.3 is 0 Å². The van der Waals surface area contributed by atoms with Crippen LogP contribution in [0.25, 0.3) is 11.1 Å². The molecule has 2 aromatic rings. The molecule has 0 nitrogen and oxygen atoms in total. The third kappa shape index (κ3) is 2.32. The standard InChI is InChI=1S/C24H20F2/c25-23-14-19-10-13-22(23)24(26)15-20(11-12-21(19)24)18-8-6-17(7-9-18)16-4-2-1-3-5-16/h1-10,13-14,20,22H,11-12,15H2/t20-,22?,24+/m0/s1. The van der Waals surface area contributed by atoms with E-state index in [9.17, 15) is 4.39 Å². The fraction of sp³-hybridized carbons (Fsp3) is 0.250. The summed E-state index contributed by atoms with van der Waals surface area (Å²) in [6.07, 6.45) is 7.11. The van der Waals surface area contributed by atoms with Gasteiger partial charge in [-0.2, -0.15) is 0 Å². The number of hydrogen-bond donors (Lipinski definition) is 0. The first kappa shape index (κ1) is 15.7. The number of allylic oxidation sites excluding steroid dienone is 6. The molecule has 1 fully saturated rings. The molecule has 1 saturated carbocycles. The lowest BCUT2D eigenvalue weighted by atomic mass is 9.62. The molecule has 0 radical (unpaired) electrons. The molecule has 4 aliphatic rings. The van der Waals surface area contributed by atoms with Crippen LogP contribution in [-0.4, -0.2) is 5.67 Å². The molecule has 0 spiro atoms. The van der Waals surface area contributed by atoms with Crippen LogP contribution in [0.2, 0.25) is 0 Å². The van der Waals surface area contributed by atoms with Crippen molar-refractivity contribution in [2.24, 2.45) is 5.92 Å². The maximum absolute atomic E-state index is 15.9. The second kappa shape index (κ2) is 5.77. The van der Waals surface area contributed by atoms with Crippen LogP contribution >= 0.6 is 0 Å². The largest absolute Gasteiger partial charge is 0.238 e. The Bertz CT molecular complexity index is 934. The fourth-order valence-corrected chi connectivity index (χ4v) is 4.81. The molecule has 3 atom stereocenters. The molecule has 2 heteroatoms. The van der Waals surface area contributed by atoms with E-state index in [1.807, 2.05) is 24.3 Å². The first-order chi connectivity index (χ1) is 12.6. The van der Waals surface area contributed by atoms with Crippen molar-refractivity contribution < 1.29 is 8.78 Å². The van der Waals surface area contributed by atoms with Crippen molar-refractivity contribution in [1.82, 2.24) is 0 Å². The Kier molecular flexibility index (Phi) is 3.49. The summed E-state index contributed by atoms with van der Waals surface area (Å²) in [4.78, 5) is 0. The monoisotopic (exact) mass is 346 g/mol. The quantitative estimate of drug-likeness (QED) is 0.569. The molecule has 26 heavy (non-hydrogen) atoms. The summed E-state index contributed by atoms with van der Waals surface area (Å²) in [5.74, 6) is -0.926. The molecule has 0 aromatic heterocycles. The van der Waals surface area contributed by atoms with Gasteiger partial charge in [-0.15, -0.1) is 0 Å². The summed E-state index contributed by atoms with van der Waals surface area (Å²) in [5.41, 5.74) is 3.51. The van der Waals surface area contributed by atoms with E-state index in [1.54, 1.807) is 6.08 Å². The fourth-order valence-electron chi connectivity index (χ4n) is 4.81. The second-order valence-electron chi connectivity index (χ2n) is 7.59. The van der Waals surface area contributed by atoms with Crippen LogP contribution < -0.4 is 0 Å². The number of benzene rings is 2. The highest BCUT2D eigenvalue weighted by molar-refractivity contribution is 5.63. The molecule has 130 valence electrons. The predicted molar refractivity (Wildman–Crippen MR) is 101 cm³/mol. The SMILES string of the molecule is FC1=CC2=C3CC[C@H](c4ccc(-c5ccccc5)cc4)C[C@]3(F)C1C=C2. The van der Waals surface area contributed by atoms with Crippen molar-refractivity contribution in [3.8, 4) is 11.1 Å².